The van der Waals surface area contributed by atoms with Crippen LogP contribution in [0.4, 0.5) is 0 Å². The van der Waals surface area contributed by atoms with E-state index in [1.807, 2.05) is 91.0 Å². The van der Waals surface area contributed by atoms with Gasteiger partial charge >= 0.3 is 0 Å². The van der Waals surface area contributed by atoms with Gasteiger partial charge in [0.05, 0.1) is 6.04 Å². The zero-order valence-corrected chi connectivity index (χ0v) is 22.3. The van der Waals surface area contributed by atoms with E-state index in [2.05, 4.69) is 54.6 Å². The van der Waals surface area contributed by atoms with Crippen LogP contribution in [0.15, 0.2) is 80.2 Å². The van der Waals surface area contributed by atoms with E-state index in [0.717, 1.165) is 27.4 Å². The maximum Gasteiger partial charge on any atom is 0.0537 e. The average Bonchev–Trinajstić information content (AvgIpc) is 3.48. The quantitative estimate of drug-likeness (QED) is 0.390. The molecule has 2 nitrogen and oxygen atoms in total. The average molecular weight is 467 g/mol. The second-order valence-electron chi connectivity index (χ2n) is 6.56. The van der Waals surface area contributed by atoms with Crippen LogP contribution in [0.25, 0.3) is 12.2 Å². The Kier molecular flexibility index (Phi) is 15.5. The van der Waals surface area contributed by atoms with Crippen molar-refractivity contribution in [1.82, 2.24) is 10.3 Å². The second kappa shape index (κ2) is 16.9. The Hall–Kier alpha value is -2.71. The van der Waals surface area contributed by atoms with E-state index in [9.17, 15) is 0 Å². The Balaban J connectivity index is 0.00000158. The summed E-state index contributed by atoms with van der Waals surface area (Å²) in [7, 11) is 0. The predicted octanol–water partition coefficient (Wildman–Crippen LogP) is 9.40. The lowest BCUT2D eigenvalue weighted by Gasteiger charge is -2.25. The standard InChI is InChI=1S/C24H25ClN2.3C2H6/c1-5-11-23-17(7-3)20(15-27-23)24(18-12-9-10-13-21(18)25)19-14-26-22(8-4)16(19)6-2;3*1-2/h5-16,22,24,26-27H,2-4H2,1H3;3*1-2H3/b11-5-;;;. The van der Waals surface area contributed by atoms with Crippen molar-refractivity contribution in [2.45, 2.75) is 60.4 Å². The van der Waals surface area contributed by atoms with Gasteiger partial charge < -0.3 is 10.3 Å². The molecule has 180 valence electrons. The fraction of sp³-hybridized carbons (Fsp3) is 0.333. The number of hydrogen-bond acceptors (Lipinski definition) is 1. The van der Waals surface area contributed by atoms with Gasteiger partial charge in [-0.25, -0.2) is 0 Å². The van der Waals surface area contributed by atoms with E-state index < -0.39 is 0 Å². The van der Waals surface area contributed by atoms with E-state index >= 15 is 0 Å². The van der Waals surface area contributed by atoms with Gasteiger partial charge in [-0.3, -0.25) is 0 Å². The first-order valence-electron chi connectivity index (χ1n) is 12.1. The number of aromatic nitrogens is 1. The number of benzene rings is 1. The van der Waals surface area contributed by atoms with Crippen LogP contribution in [0.3, 0.4) is 0 Å². The third kappa shape index (κ3) is 7.14. The first-order chi connectivity index (χ1) is 16.2. The maximum atomic E-state index is 6.63. The first kappa shape index (κ1) is 30.3. The molecule has 2 N–H and O–H groups in total. The van der Waals surface area contributed by atoms with E-state index in [-0.39, 0.29) is 17.9 Å². The monoisotopic (exact) mass is 466 g/mol. The fourth-order valence-corrected chi connectivity index (χ4v) is 4.09. The molecule has 0 radical (unpaired) electrons. The number of allylic oxidation sites excluding steroid dienone is 1. The summed E-state index contributed by atoms with van der Waals surface area (Å²) in [5.41, 5.74) is 5.57. The molecule has 2 heterocycles. The molecule has 3 heteroatoms. The molecule has 2 aromatic rings. The Bertz CT molecular complexity index is 917. The highest BCUT2D eigenvalue weighted by atomic mass is 35.5. The Morgan fingerprint density at radius 3 is 2.09 bits per heavy atom. The summed E-state index contributed by atoms with van der Waals surface area (Å²) in [6, 6.07) is 8.14. The molecule has 1 aromatic heterocycles. The lowest BCUT2D eigenvalue weighted by Crippen LogP contribution is -2.24. The lowest BCUT2D eigenvalue weighted by atomic mass is 9.78. The van der Waals surface area contributed by atoms with E-state index in [1.54, 1.807) is 0 Å². The van der Waals surface area contributed by atoms with Gasteiger partial charge in [0.15, 0.2) is 0 Å². The maximum absolute atomic E-state index is 6.63. The van der Waals surface area contributed by atoms with Crippen LogP contribution in [0.1, 0.15) is 76.8 Å². The number of rotatable bonds is 7. The molecule has 0 aliphatic carbocycles. The summed E-state index contributed by atoms with van der Waals surface area (Å²) < 4.78 is 0. The van der Waals surface area contributed by atoms with E-state index in [0.29, 0.717) is 0 Å². The van der Waals surface area contributed by atoms with Crippen molar-refractivity contribution < 1.29 is 0 Å². The molecule has 0 saturated heterocycles. The van der Waals surface area contributed by atoms with Gasteiger partial charge in [0.25, 0.3) is 0 Å². The number of hydrogen-bond donors (Lipinski definition) is 2. The minimum absolute atomic E-state index is 0.0117. The third-order valence-electron chi connectivity index (χ3n) is 5.10. The molecule has 3 unspecified atom stereocenters. The van der Waals surface area contributed by atoms with Gasteiger partial charge in [-0.15, -0.1) is 13.2 Å². The highest BCUT2D eigenvalue weighted by Gasteiger charge is 2.34. The van der Waals surface area contributed by atoms with Crippen molar-refractivity contribution in [2.75, 3.05) is 0 Å². The van der Waals surface area contributed by atoms with Crippen molar-refractivity contribution in [3.05, 3.63) is 108 Å². The minimum Gasteiger partial charge on any atom is -0.384 e. The molecule has 3 rings (SSSR count). The second-order valence-corrected chi connectivity index (χ2v) is 6.97. The number of aromatic amines is 1. The molecule has 1 aliphatic rings. The fourth-order valence-electron chi connectivity index (χ4n) is 3.85. The van der Waals surface area contributed by atoms with Crippen LogP contribution in [0.2, 0.25) is 5.02 Å². The molecule has 0 spiro atoms. The van der Waals surface area contributed by atoms with Gasteiger partial charge in [0.1, 0.15) is 0 Å². The highest BCUT2D eigenvalue weighted by Crippen LogP contribution is 2.44. The minimum atomic E-state index is -0.0117. The van der Waals surface area contributed by atoms with Gasteiger partial charge in [0.2, 0.25) is 0 Å². The highest BCUT2D eigenvalue weighted by molar-refractivity contribution is 6.31. The van der Waals surface area contributed by atoms with Gasteiger partial charge in [-0.05, 0) is 42.0 Å². The van der Waals surface area contributed by atoms with Crippen LogP contribution >= 0.6 is 11.6 Å². The van der Waals surface area contributed by atoms with E-state index in [1.165, 1.54) is 5.57 Å². The van der Waals surface area contributed by atoms with Gasteiger partial charge in [0, 0.05) is 34.3 Å². The van der Waals surface area contributed by atoms with Crippen LogP contribution in [0.5, 0.6) is 0 Å². The summed E-state index contributed by atoms with van der Waals surface area (Å²) in [6.45, 7) is 26.1. The van der Waals surface area contributed by atoms with Crippen molar-refractivity contribution in [3.63, 3.8) is 0 Å². The lowest BCUT2D eigenvalue weighted by molar-refractivity contribution is 0.621. The smallest absolute Gasteiger partial charge is 0.0537 e. The Labute approximate surface area is 207 Å². The van der Waals surface area contributed by atoms with Crippen molar-refractivity contribution in [2.24, 2.45) is 5.92 Å². The van der Waals surface area contributed by atoms with Crippen LogP contribution in [-0.4, -0.2) is 11.0 Å². The Morgan fingerprint density at radius 1 is 0.939 bits per heavy atom. The summed E-state index contributed by atoms with van der Waals surface area (Å²) in [5.74, 6) is 0.129. The van der Waals surface area contributed by atoms with Crippen molar-refractivity contribution >= 4 is 23.8 Å². The SMILES string of the molecule is C=Cc1c(C(C2=CNC(C=C)C2C=C)c2ccccc2Cl)c[nH]c1/C=C\C.CC.CC.CC. The zero-order chi connectivity index (χ0) is 25.4. The van der Waals surface area contributed by atoms with Crippen molar-refractivity contribution in [3.8, 4) is 0 Å². The first-order valence-corrected chi connectivity index (χ1v) is 12.5. The molecule has 0 saturated carbocycles. The molecule has 0 fully saturated rings. The van der Waals surface area contributed by atoms with Gasteiger partial charge in [-0.2, -0.15) is 0 Å². The molecule has 3 atom stereocenters. The molecule has 0 bridgehead atoms. The zero-order valence-electron chi connectivity index (χ0n) is 21.6. The summed E-state index contributed by atoms with van der Waals surface area (Å²) in [5, 5.41) is 4.17. The van der Waals surface area contributed by atoms with E-state index in [4.69, 9.17) is 11.6 Å². The molecular weight excluding hydrogens is 424 g/mol. The summed E-state index contributed by atoms with van der Waals surface area (Å²) >= 11 is 6.63. The predicted molar refractivity (Wildman–Crippen MR) is 152 cm³/mol. The molecular formula is C30H43ClN2. The number of H-pyrrole nitrogens is 1. The number of halogens is 1. The molecule has 1 aromatic carbocycles. The molecule has 1 aliphatic heterocycles. The van der Waals surface area contributed by atoms with Crippen LogP contribution < -0.4 is 5.32 Å². The topological polar surface area (TPSA) is 27.8 Å². The Morgan fingerprint density at radius 2 is 1.58 bits per heavy atom. The molecule has 0 amide bonds. The van der Waals surface area contributed by atoms with Crippen LogP contribution in [-0.2, 0) is 0 Å². The normalized spacial score (nSPS) is 17.0. The summed E-state index contributed by atoms with van der Waals surface area (Å²) in [6.07, 6.45) is 14.0. The number of nitrogens with one attached hydrogen (secondary N) is 2. The largest absolute Gasteiger partial charge is 0.384 e. The van der Waals surface area contributed by atoms with Crippen molar-refractivity contribution in [1.29, 1.82) is 0 Å². The third-order valence-corrected chi connectivity index (χ3v) is 5.45. The molecule has 33 heavy (non-hydrogen) atoms. The van der Waals surface area contributed by atoms with Gasteiger partial charge in [-0.1, -0.05) is 102 Å². The van der Waals surface area contributed by atoms with Crippen LogP contribution in [0, 0.1) is 5.92 Å². The summed E-state index contributed by atoms with van der Waals surface area (Å²) in [4.78, 5) is 3.38.